The zero-order valence-electron chi connectivity index (χ0n) is 14.2. The predicted octanol–water partition coefficient (Wildman–Crippen LogP) is 2.70. The third kappa shape index (κ3) is 4.00. The van der Waals surface area contributed by atoms with Crippen LogP contribution in [0.1, 0.15) is 58.8 Å². The van der Waals surface area contributed by atoms with Crippen molar-refractivity contribution in [2.45, 2.75) is 70.4 Å². The molecule has 21 heavy (non-hydrogen) atoms. The Hall–Kier alpha value is -0.120. The molecular weight excluding hydrogens is 258 g/mol. The van der Waals surface area contributed by atoms with Crippen molar-refractivity contribution in [1.82, 2.24) is 9.80 Å². The van der Waals surface area contributed by atoms with E-state index < -0.39 is 0 Å². The number of likely N-dealkylation sites (tertiary alicyclic amines) is 1. The zero-order chi connectivity index (χ0) is 14.9. The fraction of sp³-hybridized carbons (Fsp3) is 1.00. The Morgan fingerprint density at radius 2 is 1.67 bits per heavy atom. The molecule has 0 amide bonds. The van der Waals surface area contributed by atoms with Gasteiger partial charge in [-0.25, -0.2) is 0 Å². The van der Waals surface area contributed by atoms with Crippen LogP contribution in [0.3, 0.4) is 0 Å². The second-order valence-electron chi connectivity index (χ2n) is 8.20. The van der Waals surface area contributed by atoms with Crippen LogP contribution < -0.4 is 5.73 Å². The second-order valence-corrected chi connectivity index (χ2v) is 8.20. The highest BCUT2D eigenvalue weighted by molar-refractivity contribution is 4.98. The van der Waals surface area contributed by atoms with E-state index in [4.69, 9.17) is 5.73 Å². The van der Waals surface area contributed by atoms with E-state index in [1.54, 1.807) is 0 Å². The topological polar surface area (TPSA) is 32.5 Å². The predicted molar refractivity (Wildman–Crippen MR) is 89.4 cm³/mol. The smallest absolute Gasteiger partial charge is 0.0344 e. The van der Waals surface area contributed by atoms with Crippen LogP contribution in [-0.2, 0) is 0 Å². The number of nitrogens with zero attached hydrogens (tertiary/aromatic N) is 2. The Kier molecular flexibility index (Phi) is 4.92. The van der Waals surface area contributed by atoms with Gasteiger partial charge in [0.25, 0.3) is 0 Å². The van der Waals surface area contributed by atoms with Gasteiger partial charge in [0.05, 0.1) is 0 Å². The molecule has 3 heteroatoms. The van der Waals surface area contributed by atoms with E-state index >= 15 is 0 Å². The lowest BCUT2D eigenvalue weighted by Crippen LogP contribution is -2.55. The van der Waals surface area contributed by atoms with Crippen molar-refractivity contribution in [2.75, 3.05) is 32.7 Å². The first-order valence-corrected chi connectivity index (χ1v) is 9.32. The summed E-state index contributed by atoms with van der Waals surface area (Å²) in [4.78, 5) is 5.51. The SMILES string of the molecule is CC(C)N1CCCC(CN)(N(CC2CC2)CC2CC2)CC1. The van der Waals surface area contributed by atoms with Crippen LogP contribution in [0.15, 0.2) is 0 Å². The van der Waals surface area contributed by atoms with Gasteiger partial charge in [0, 0.05) is 37.8 Å². The third-order valence-corrected chi connectivity index (χ3v) is 6.08. The lowest BCUT2D eigenvalue weighted by atomic mass is 9.87. The molecular formula is C18H35N3. The van der Waals surface area contributed by atoms with Crippen LogP contribution in [0.4, 0.5) is 0 Å². The van der Waals surface area contributed by atoms with E-state index in [-0.39, 0.29) is 0 Å². The summed E-state index contributed by atoms with van der Waals surface area (Å²) >= 11 is 0. The summed E-state index contributed by atoms with van der Waals surface area (Å²) in [6, 6.07) is 0.680. The summed E-state index contributed by atoms with van der Waals surface area (Å²) in [5.74, 6) is 1.97. The molecule has 3 nitrogen and oxygen atoms in total. The first-order chi connectivity index (χ1) is 10.1. The summed E-state index contributed by atoms with van der Waals surface area (Å²) in [5, 5.41) is 0. The first kappa shape index (κ1) is 15.8. The molecule has 0 radical (unpaired) electrons. The Balaban J connectivity index is 1.68. The molecule has 1 heterocycles. The Morgan fingerprint density at radius 3 is 2.14 bits per heavy atom. The molecule has 122 valence electrons. The van der Waals surface area contributed by atoms with Crippen LogP contribution in [0.2, 0.25) is 0 Å². The minimum atomic E-state index is 0.300. The van der Waals surface area contributed by atoms with Gasteiger partial charge in [-0.15, -0.1) is 0 Å². The summed E-state index contributed by atoms with van der Waals surface area (Å²) in [6.45, 7) is 10.7. The Labute approximate surface area is 131 Å². The third-order valence-electron chi connectivity index (χ3n) is 6.08. The minimum Gasteiger partial charge on any atom is -0.329 e. The van der Waals surface area contributed by atoms with Crippen LogP contribution in [-0.4, -0.2) is 54.1 Å². The summed E-state index contributed by atoms with van der Waals surface area (Å²) in [5.41, 5.74) is 6.66. The normalized spacial score (nSPS) is 31.9. The standard InChI is InChI=1S/C18H35N3/c1-15(2)20-10-3-8-18(14-19,9-11-20)21(12-16-4-5-16)13-17-6-7-17/h15-17H,3-14,19H2,1-2H3. The maximum atomic E-state index is 6.36. The fourth-order valence-corrected chi connectivity index (χ4v) is 4.05. The quantitative estimate of drug-likeness (QED) is 0.783. The number of hydrogen-bond acceptors (Lipinski definition) is 3. The number of rotatable bonds is 7. The molecule has 0 spiro atoms. The zero-order valence-corrected chi connectivity index (χ0v) is 14.2. The van der Waals surface area contributed by atoms with Crippen molar-refractivity contribution >= 4 is 0 Å². The molecule has 2 saturated carbocycles. The first-order valence-electron chi connectivity index (χ1n) is 9.32. The van der Waals surface area contributed by atoms with E-state index in [1.807, 2.05) is 0 Å². The molecule has 1 atom stereocenters. The van der Waals surface area contributed by atoms with Gasteiger partial charge in [0.2, 0.25) is 0 Å². The molecule has 0 bridgehead atoms. The van der Waals surface area contributed by atoms with Crippen molar-refractivity contribution in [1.29, 1.82) is 0 Å². The maximum Gasteiger partial charge on any atom is 0.0344 e. The van der Waals surface area contributed by atoms with E-state index in [1.165, 1.54) is 71.1 Å². The molecule has 1 aliphatic heterocycles. The van der Waals surface area contributed by atoms with Crippen molar-refractivity contribution in [2.24, 2.45) is 17.6 Å². The van der Waals surface area contributed by atoms with Gasteiger partial charge in [-0.1, -0.05) is 0 Å². The molecule has 0 aromatic carbocycles. The van der Waals surface area contributed by atoms with Crippen LogP contribution in [0.25, 0.3) is 0 Å². The lowest BCUT2D eigenvalue weighted by molar-refractivity contribution is 0.0665. The van der Waals surface area contributed by atoms with Gasteiger partial charge in [-0.2, -0.15) is 0 Å². The maximum absolute atomic E-state index is 6.36. The molecule has 0 aromatic rings. The molecule has 3 fully saturated rings. The lowest BCUT2D eigenvalue weighted by Gasteiger charge is -2.44. The van der Waals surface area contributed by atoms with Gasteiger partial charge >= 0.3 is 0 Å². The van der Waals surface area contributed by atoms with Crippen LogP contribution in [0, 0.1) is 11.8 Å². The van der Waals surface area contributed by atoms with Crippen molar-refractivity contribution < 1.29 is 0 Å². The molecule has 0 aromatic heterocycles. The largest absolute Gasteiger partial charge is 0.329 e. The van der Waals surface area contributed by atoms with Crippen molar-refractivity contribution in [3.8, 4) is 0 Å². The molecule has 3 aliphatic rings. The van der Waals surface area contributed by atoms with Crippen LogP contribution >= 0.6 is 0 Å². The van der Waals surface area contributed by atoms with Gasteiger partial charge in [0.15, 0.2) is 0 Å². The summed E-state index contributed by atoms with van der Waals surface area (Å²) in [7, 11) is 0. The Morgan fingerprint density at radius 1 is 1.05 bits per heavy atom. The highest BCUT2D eigenvalue weighted by atomic mass is 15.2. The van der Waals surface area contributed by atoms with Gasteiger partial charge in [-0.3, -0.25) is 4.90 Å². The minimum absolute atomic E-state index is 0.300. The van der Waals surface area contributed by atoms with E-state index in [2.05, 4.69) is 23.6 Å². The van der Waals surface area contributed by atoms with Gasteiger partial charge in [-0.05, 0) is 77.2 Å². The van der Waals surface area contributed by atoms with Gasteiger partial charge < -0.3 is 10.6 Å². The molecule has 2 aliphatic carbocycles. The molecule has 1 unspecified atom stereocenters. The highest BCUT2D eigenvalue weighted by Crippen LogP contribution is 2.39. The van der Waals surface area contributed by atoms with E-state index in [9.17, 15) is 0 Å². The molecule has 1 saturated heterocycles. The number of hydrogen-bond donors (Lipinski definition) is 1. The van der Waals surface area contributed by atoms with E-state index in [0.717, 1.165) is 18.4 Å². The van der Waals surface area contributed by atoms with Crippen molar-refractivity contribution in [3.05, 3.63) is 0 Å². The second kappa shape index (κ2) is 6.55. The van der Waals surface area contributed by atoms with Gasteiger partial charge in [0.1, 0.15) is 0 Å². The molecule has 3 rings (SSSR count). The summed E-state index contributed by atoms with van der Waals surface area (Å²) in [6.07, 6.45) is 9.74. The average Bonchev–Trinajstić information content (AvgIpc) is 3.33. The van der Waals surface area contributed by atoms with Crippen LogP contribution in [0.5, 0.6) is 0 Å². The summed E-state index contributed by atoms with van der Waals surface area (Å²) < 4.78 is 0. The Bertz CT molecular complexity index is 321. The number of nitrogens with two attached hydrogens (primary N) is 1. The van der Waals surface area contributed by atoms with E-state index in [0.29, 0.717) is 11.6 Å². The van der Waals surface area contributed by atoms with Crippen molar-refractivity contribution in [3.63, 3.8) is 0 Å². The molecule has 2 N–H and O–H groups in total. The fourth-order valence-electron chi connectivity index (χ4n) is 4.05. The average molecular weight is 293 g/mol. The monoisotopic (exact) mass is 293 g/mol. The highest BCUT2D eigenvalue weighted by Gasteiger charge is 2.41.